The number of benzene rings is 1. The van der Waals surface area contributed by atoms with E-state index in [0.717, 1.165) is 5.56 Å². The number of hydrogen-bond donors (Lipinski definition) is 0. The molecule has 0 amide bonds. The minimum atomic E-state index is 0.418. The summed E-state index contributed by atoms with van der Waals surface area (Å²) in [7, 11) is 0. The normalized spacial score (nSPS) is 29.9. The summed E-state index contributed by atoms with van der Waals surface area (Å²) in [4.78, 5) is 16.3. The standard InChI is InChI=1S/C15H18N2O/c18-12-16-11-13-1-3-14(4-2-13)15-5-8-17(9-6-15)10-7-15/h1-4H,5-11H2. The van der Waals surface area contributed by atoms with Crippen molar-refractivity contribution in [2.75, 3.05) is 19.6 Å². The zero-order chi connectivity index (χ0) is 12.4. The predicted octanol–water partition coefficient (Wildman–Crippen LogP) is 2.26. The molecule has 3 saturated heterocycles. The van der Waals surface area contributed by atoms with Gasteiger partial charge in [-0.2, -0.15) is 0 Å². The van der Waals surface area contributed by atoms with Crippen molar-refractivity contribution in [2.45, 2.75) is 31.2 Å². The van der Waals surface area contributed by atoms with Crippen molar-refractivity contribution in [2.24, 2.45) is 4.99 Å². The summed E-state index contributed by atoms with van der Waals surface area (Å²) in [5.74, 6) is 0. The quantitative estimate of drug-likeness (QED) is 0.601. The molecular formula is C15H18N2O. The van der Waals surface area contributed by atoms with Gasteiger partial charge >= 0.3 is 0 Å². The number of piperidine rings is 3. The van der Waals surface area contributed by atoms with Crippen LogP contribution in [0.4, 0.5) is 0 Å². The van der Waals surface area contributed by atoms with Gasteiger partial charge in [-0.3, -0.25) is 0 Å². The van der Waals surface area contributed by atoms with Gasteiger partial charge in [0.05, 0.1) is 6.54 Å². The number of nitrogens with zero attached hydrogens (tertiary/aromatic N) is 2. The summed E-state index contributed by atoms with van der Waals surface area (Å²) in [6.07, 6.45) is 5.46. The molecule has 0 aliphatic carbocycles. The van der Waals surface area contributed by atoms with Crippen LogP contribution in [0.1, 0.15) is 30.4 Å². The van der Waals surface area contributed by atoms with E-state index in [9.17, 15) is 4.79 Å². The molecule has 0 radical (unpaired) electrons. The molecule has 0 unspecified atom stereocenters. The Hall–Kier alpha value is -1.44. The van der Waals surface area contributed by atoms with Crippen LogP contribution in [0.3, 0.4) is 0 Å². The molecule has 4 rings (SSSR count). The minimum absolute atomic E-state index is 0.418. The Morgan fingerprint density at radius 2 is 1.72 bits per heavy atom. The van der Waals surface area contributed by atoms with E-state index < -0.39 is 0 Å². The van der Waals surface area contributed by atoms with Crippen LogP contribution in [-0.4, -0.2) is 30.6 Å². The molecule has 2 bridgehead atoms. The Bertz CT molecular complexity index is 452. The van der Waals surface area contributed by atoms with Gasteiger partial charge in [0, 0.05) is 0 Å². The lowest BCUT2D eigenvalue weighted by Crippen LogP contribution is -2.50. The van der Waals surface area contributed by atoms with Crippen molar-refractivity contribution in [1.29, 1.82) is 0 Å². The monoisotopic (exact) mass is 242 g/mol. The van der Waals surface area contributed by atoms with Gasteiger partial charge in [0.25, 0.3) is 0 Å². The summed E-state index contributed by atoms with van der Waals surface area (Å²) in [6, 6.07) is 8.67. The van der Waals surface area contributed by atoms with Crippen molar-refractivity contribution < 1.29 is 4.79 Å². The van der Waals surface area contributed by atoms with Gasteiger partial charge in [-0.05, 0) is 55.4 Å². The maximum atomic E-state index is 10.1. The lowest BCUT2D eigenvalue weighted by molar-refractivity contribution is 0.0818. The summed E-state index contributed by atoms with van der Waals surface area (Å²) >= 11 is 0. The number of carbonyl (C=O) groups excluding carboxylic acids is 1. The summed E-state index contributed by atoms with van der Waals surface area (Å²) in [5, 5.41) is 0. The summed E-state index contributed by atoms with van der Waals surface area (Å²) in [5.41, 5.74) is 2.98. The molecule has 0 aromatic heterocycles. The third kappa shape index (κ3) is 2.00. The van der Waals surface area contributed by atoms with E-state index in [4.69, 9.17) is 0 Å². The number of fused-ring (bicyclic) bond motifs is 3. The van der Waals surface area contributed by atoms with Crippen LogP contribution >= 0.6 is 0 Å². The van der Waals surface area contributed by atoms with Crippen molar-refractivity contribution >= 4 is 6.08 Å². The zero-order valence-electron chi connectivity index (χ0n) is 10.6. The Labute approximate surface area is 108 Å². The first-order valence-electron chi connectivity index (χ1n) is 6.68. The first-order valence-corrected chi connectivity index (χ1v) is 6.68. The molecule has 0 saturated carbocycles. The average molecular weight is 242 g/mol. The molecule has 3 heterocycles. The molecule has 3 nitrogen and oxygen atoms in total. The van der Waals surface area contributed by atoms with Crippen LogP contribution in [0.5, 0.6) is 0 Å². The Morgan fingerprint density at radius 3 is 2.28 bits per heavy atom. The van der Waals surface area contributed by atoms with Gasteiger partial charge in [-0.25, -0.2) is 9.79 Å². The topological polar surface area (TPSA) is 32.7 Å². The van der Waals surface area contributed by atoms with E-state index in [1.54, 1.807) is 6.08 Å². The van der Waals surface area contributed by atoms with Gasteiger partial charge in [0.15, 0.2) is 0 Å². The summed E-state index contributed by atoms with van der Waals surface area (Å²) in [6.45, 7) is 4.19. The van der Waals surface area contributed by atoms with E-state index in [1.165, 1.54) is 44.5 Å². The third-order valence-corrected chi connectivity index (χ3v) is 4.61. The lowest BCUT2D eigenvalue weighted by Gasteiger charge is -2.48. The molecule has 1 aromatic carbocycles. The van der Waals surface area contributed by atoms with Crippen LogP contribution < -0.4 is 0 Å². The van der Waals surface area contributed by atoms with Crippen LogP contribution in [-0.2, 0) is 16.8 Å². The molecule has 3 fully saturated rings. The molecular weight excluding hydrogens is 224 g/mol. The number of aliphatic imine (C=N–C) groups is 1. The molecule has 1 aromatic rings. The van der Waals surface area contributed by atoms with Gasteiger partial charge < -0.3 is 4.90 Å². The fourth-order valence-corrected chi connectivity index (χ4v) is 3.35. The number of hydrogen-bond acceptors (Lipinski definition) is 3. The van der Waals surface area contributed by atoms with Gasteiger partial charge in [-0.15, -0.1) is 0 Å². The van der Waals surface area contributed by atoms with Crippen LogP contribution in [0, 0.1) is 0 Å². The highest BCUT2D eigenvalue weighted by Crippen LogP contribution is 2.42. The lowest BCUT2D eigenvalue weighted by atomic mass is 9.67. The average Bonchev–Trinajstić information content (AvgIpc) is 2.47. The third-order valence-electron chi connectivity index (χ3n) is 4.61. The molecule has 18 heavy (non-hydrogen) atoms. The van der Waals surface area contributed by atoms with Crippen molar-refractivity contribution in [1.82, 2.24) is 4.90 Å². The second kappa shape index (κ2) is 4.68. The maximum Gasteiger partial charge on any atom is 0.235 e. The van der Waals surface area contributed by atoms with Crippen LogP contribution in [0.2, 0.25) is 0 Å². The number of isocyanates is 1. The van der Waals surface area contributed by atoms with E-state index >= 15 is 0 Å². The molecule has 94 valence electrons. The highest BCUT2D eigenvalue weighted by atomic mass is 16.1. The smallest absolute Gasteiger partial charge is 0.235 e. The fourth-order valence-electron chi connectivity index (χ4n) is 3.35. The molecule has 0 atom stereocenters. The molecule has 3 aliphatic heterocycles. The van der Waals surface area contributed by atoms with Gasteiger partial charge in [-0.1, -0.05) is 24.3 Å². The minimum Gasteiger partial charge on any atom is -0.303 e. The Kier molecular flexibility index (Phi) is 3.02. The van der Waals surface area contributed by atoms with Crippen molar-refractivity contribution in [3.05, 3.63) is 35.4 Å². The van der Waals surface area contributed by atoms with Crippen LogP contribution in [0.15, 0.2) is 29.3 Å². The van der Waals surface area contributed by atoms with E-state index in [-0.39, 0.29) is 0 Å². The fraction of sp³-hybridized carbons (Fsp3) is 0.533. The highest BCUT2D eigenvalue weighted by Gasteiger charge is 2.40. The maximum absolute atomic E-state index is 10.1. The molecule has 3 aliphatic rings. The summed E-state index contributed by atoms with van der Waals surface area (Å²) < 4.78 is 0. The zero-order valence-corrected chi connectivity index (χ0v) is 10.6. The van der Waals surface area contributed by atoms with Gasteiger partial charge in [0.2, 0.25) is 6.08 Å². The SMILES string of the molecule is O=C=NCc1ccc(C23CCN(CC2)CC3)cc1. The predicted molar refractivity (Wildman–Crippen MR) is 70.2 cm³/mol. The number of rotatable bonds is 3. The van der Waals surface area contributed by atoms with E-state index in [1.807, 2.05) is 0 Å². The Morgan fingerprint density at radius 1 is 1.11 bits per heavy atom. The first-order chi connectivity index (χ1) is 8.82. The van der Waals surface area contributed by atoms with E-state index in [0.29, 0.717) is 12.0 Å². The molecule has 0 N–H and O–H groups in total. The van der Waals surface area contributed by atoms with Crippen molar-refractivity contribution in [3.63, 3.8) is 0 Å². The largest absolute Gasteiger partial charge is 0.303 e. The van der Waals surface area contributed by atoms with Crippen LogP contribution in [0.25, 0.3) is 0 Å². The molecule has 3 heteroatoms. The second-order valence-electron chi connectivity index (χ2n) is 5.48. The van der Waals surface area contributed by atoms with E-state index in [2.05, 4.69) is 34.2 Å². The van der Waals surface area contributed by atoms with Crippen molar-refractivity contribution in [3.8, 4) is 0 Å². The molecule has 0 spiro atoms. The van der Waals surface area contributed by atoms with Gasteiger partial charge in [0.1, 0.15) is 0 Å². The Balaban J connectivity index is 1.81. The first kappa shape index (κ1) is 11.6. The second-order valence-corrected chi connectivity index (χ2v) is 5.48. The highest BCUT2D eigenvalue weighted by molar-refractivity contribution is 5.35.